The second-order valence-corrected chi connectivity index (χ2v) is 3.10. The van der Waals surface area contributed by atoms with Gasteiger partial charge < -0.3 is 9.47 Å². The third-order valence-corrected chi connectivity index (χ3v) is 2.29. The molecule has 0 saturated carbocycles. The first-order chi connectivity index (χ1) is 6.22. The molecule has 0 aromatic rings. The van der Waals surface area contributed by atoms with Gasteiger partial charge in [0.15, 0.2) is 0 Å². The summed E-state index contributed by atoms with van der Waals surface area (Å²) in [7, 11) is 1.40. The summed E-state index contributed by atoms with van der Waals surface area (Å²) in [5.74, 6) is 0.562. The third-order valence-electron chi connectivity index (χ3n) is 2.29. The highest BCUT2D eigenvalue weighted by molar-refractivity contribution is 5.89. The molecule has 74 valence electrons. The van der Waals surface area contributed by atoms with Crippen molar-refractivity contribution in [3.63, 3.8) is 0 Å². The van der Waals surface area contributed by atoms with Gasteiger partial charge in [0.25, 0.3) is 0 Å². The Morgan fingerprint density at radius 3 is 2.77 bits per heavy atom. The Bertz CT molecular complexity index is 230. The minimum atomic E-state index is -0.243. The van der Waals surface area contributed by atoms with Crippen molar-refractivity contribution in [2.45, 2.75) is 39.2 Å². The van der Waals surface area contributed by atoms with Gasteiger partial charge in [-0.25, -0.2) is 4.79 Å². The van der Waals surface area contributed by atoms with Crippen LogP contribution in [-0.2, 0) is 14.3 Å². The van der Waals surface area contributed by atoms with Gasteiger partial charge in [0.2, 0.25) is 0 Å². The summed E-state index contributed by atoms with van der Waals surface area (Å²) in [6, 6.07) is 0. The highest BCUT2D eigenvalue weighted by Gasteiger charge is 2.28. The van der Waals surface area contributed by atoms with Gasteiger partial charge in [-0.2, -0.15) is 0 Å². The fourth-order valence-corrected chi connectivity index (χ4v) is 1.50. The van der Waals surface area contributed by atoms with E-state index in [-0.39, 0.29) is 12.1 Å². The van der Waals surface area contributed by atoms with Crippen LogP contribution in [0.15, 0.2) is 11.3 Å². The van der Waals surface area contributed by atoms with Crippen LogP contribution in [0.2, 0.25) is 0 Å². The number of hydrogen-bond donors (Lipinski definition) is 0. The van der Waals surface area contributed by atoms with Crippen LogP contribution < -0.4 is 0 Å². The van der Waals surface area contributed by atoms with Gasteiger partial charge >= 0.3 is 5.97 Å². The largest absolute Gasteiger partial charge is 0.494 e. The molecule has 0 amide bonds. The van der Waals surface area contributed by atoms with Crippen LogP contribution in [0.25, 0.3) is 0 Å². The summed E-state index contributed by atoms with van der Waals surface area (Å²) >= 11 is 0. The Morgan fingerprint density at radius 1 is 1.62 bits per heavy atom. The van der Waals surface area contributed by atoms with Gasteiger partial charge in [-0.3, -0.25) is 0 Å². The first-order valence-corrected chi connectivity index (χ1v) is 4.69. The Labute approximate surface area is 78.7 Å². The van der Waals surface area contributed by atoms with Crippen LogP contribution in [-0.4, -0.2) is 19.2 Å². The number of allylic oxidation sites excluding steroid dienone is 1. The molecule has 1 atom stereocenters. The lowest BCUT2D eigenvalue weighted by molar-refractivity contribution is -0.136. The van der Waals surface area contributed by atoms with E-state index in [1.54, 1.807) is 0 Å². The normalized spacial score (nSPS) is 21.6. The number of carbonyl (C=O) groups is 1. The first-order valence-electron chi connectivity index (χ1n) is 4.69. The Balaban J connectivity index is 2.73. The quantitative estimate of drug-likeness (QED) is 0.629. The van der Waals surface area contributed by atoms with Crippen molar-refractivity contribution in [1.82, 2.24) is 0 Å². The van der Waals surface area contributed by atoms with Crippen LogP contribution in [0, 0.1) is 0 Å². The van der Waals surface area contributed by atoms with Gasteiger partial charge in [-0.05, 0) is 6.42 Å². The average molecular weight is 184 g/mol. The van der Waals surface area contributed by atoms with Crippen molar-refractivity contribution in [2.24, 2.45) is 0 Å². The monoisotopic (exact) mass is 184 g/mol. The predicted molar refractivity (Wildman–Crippen MR) is 49.1 cm³/mol. The van der Waals surface area contributed by atoms with Gasteiger partial charge in [0, 0.05) is 12.8 Å². The van der Waals surface area contributed by atoms with Gasteiger partial charge in [-0.15, -0.1) is 0 Å². The summed E-state index contributed by atoms with van der Waals surface area (Å²) in [5, 5.41) is 0. The van der Waals surface area contributed by atoms with E-state index < -0.39 is 0 Å². The van der Waals surface area contributed by atoms with Crippen molar-refractivity contribution < 1.29 is 14.3 Å². The van der Waals surface area contributed by atoms with E-state index in [1.165, 1.54) is 7.11 Å². The van der Waals surface area contributed by atoms with Crippen molar-refractivity contribution in [3.05, 3.63) is 11.3 Å². The fraction of sp³-hybridized carbons (Fsp3) is 0.700. The number of esters is 1. The van der Waals surface area contributed by atoms with Crippen molar-refractivity contribution in [1.29, 1.82) is 0 Å². The smallest absolute Gasteiger partial charge is 0.337 e. The van der Waals surface area contributed by atoms with Crippen molar-refractivity contribution >= 4 is 5.97 Å². The Kier molecular flexibility index (Phi) is 3.34. The maximum absolute atomic E-state index is 11.3. The summed E-state index contributed by atoms with van der Waals surface area (Å²) in [5.41, 5.74) is 0.719. The van der Waals surface area contributed by atoms with Crippen LogP contribution in [0.3, 0.4) is 0 Å². The van der Waals surface area contributed by atoms with E-state index in [9.17, 15) is 4.79 Å². The van der Waals surface area contributed by atoms with Gasteiger partial charge in [0.05, 0.1) is 12.7 Å². The molecular formula is C10H16O3. The van der Waals surface area contributed by atoms with Crippen LogP contribution in [0.5, 0.6) is 0 Å². The molecular weight excluding hydrogens is 168 g/mol. The lowest BCUT2D eigenvalue weighted by Crippen LogP contribution is -2.07. The Morgan fingerprint density at radius 2 is 2.31 bits per heavy atom. The number of methoxy groups -OCH3 is 1. The summed E-state index contributed by atoms with van der Waals surface area (Å²) in [6.45, 7) is 4.04. The summed E-state index contributed by atoms with van der Waals surface area (Å²) in [4.78, 5) is 11.3. The zero-order chi connectivity index (χ0) is 9.84. The maximum Gasteiger partial charge on any atom is 0.337 e. The topological polar surface area (TPSA) is 35.5 Å². The first kappa shape index (κ1) is 10.1. The van der Waals surface area contributed by atoms with E-state index in [0.29, 0.717) is 6.42 Å². The number of hydrogen-bond acceptors (Lipinski definition) is 3. The third kappa shape index (κ3) is 2.02. The molecule has 0 aromatic carbocycles. The van der Waals surface area contributed by atoms with Crippen molar-refractivity contribution in [2.75, 3.05) is 7.11 Å². The molecule has 0 saturated heterocycles. The molecule has 3 nitrogen and oxygen atoms in total. The summed E-state index contributed by atoms with van der Waals surface area (Å²) < 4.78 is 10.3. The molecule has 0 bridgehead atoms. The molecule has 1 rings (SSSR count). The Hall–Kier alpha value is -0.990. The zero-order valence-corrected chi connectivity index (χ0v) is 8.42. The zero-order valence-electron chi connectivity index (χ0n) is 8.42. The number of ether oxygens (including phenoxy) is 2. The molecule has 1 aliphatic heterocycles. The van der Waals surface area contributed by atoms with E-state index >= 15 is 0 Å². The highest BCUT2D eigenvalue weighted by atomic mass is 16.5. The molecule has 1 aliphatic rings. The minimum absolute atomic E-state index is 0.170. The van der Waals surface area contributed by atoms with Crippen LogP contribution in [0.1, 0.15) is 33.1 Å². The highest BCUT2D eigenvalue weighted by Crippen LogP contribution is 2.29. The molecule has 0 N–H and O–H groups in total. The predicted octanol–water partition coefficient (Wildman–Crippen LogP) is 2.02. The van der Waals surface area contributed by atoms with Crippen LogP contribution >= 0.6 is 0 Å². The molecule has 0 aromatic heterocycles. The van der Waals surface area contributed by atoms with E-state index in [1.807, 2.05) is 6.92 Å². The maximum atomic E-state index is 11.3. The fourth-order valence-electron chi connectivity index (χ4n) is 1.50. The lowest BCUT2D eigenvalue weighted by atomic mass is 10.1. The molecule has 0 radical (unpaired) electrons. The molecule has 0 aliphatic carbocycles. The van der Waals surface area contributed by atoms with E-state index in [4.69, 9.17) is 4.74 Å². The molecule has 1 unspecified atom stereocenters. The average Bonchev–Trinajstić information content (AvgIpc) is 2.59. The second kappa shape index (κ2) is 4.30. The van der Waals surface area contributed by atoms with Crippen molar-refractivity contribution in [3.8, 4) is 0 Å². The SMILES string of the molecule is CCC1=C(C(=O)OC)CC(CC)O1. The molecule has 13 heavy (non-hydrogen) atoms. The summed E-state index contributed by atoms with van der Waals surface area (Å²) in [6.07, 6.45) is 2.57. The minimum Gasteiger partial charge on any atom is -0.494 e. The molecule has 3 heteroatoms. The standard InChI is InChI=1S/C10H16O3/c1-4-7-6-8(10(11)12-3)9(5-2)13-7/h7H,4-6H2,1-3H3. The number of rotatable bonds is 3. The van der Waals surface area contributed by atoms with E-state index in [2.05, 4.69) is 11.7 Å². The lowest BCUT2D eigenvalue weighted by Gasteiger charge is -2.08. The molecule has 1 heterocycles. The second-order valence-electron chi connectivity index (χ2n) is 3.10. The van der Waals surface area contributed by atoms with Crippen LogP contribution in [0.4, 0.5) is 0 Å². The number of carbonyl (C=O) groups excluding carboxylic acids is 1. The molecule has 0 spiro atoms. The van der Waals surface area contributed by atoms with Gasteiger partial charge in [0.1, 0.15) is 11.9 Å². The van der Waals surface area contributed by atoms with Gasteiger partial charge in [-0.1, -0.05) is 13.8 Å². The van der Waals surface area contributed by atoms with E-state index in [0.717, 1.165) is 24.2 Å². The molecule has 0 fully saturated rings.